The van der Waals surface area contributed by atoms with Crippen molar-refractivity contribution in [2.24, 2.45) is 0 Å². The summed E-state index contributed by atoms with van der Waals surface area (Å²) in [6.45, 7) is 3.56. The number of amides is 2. The number of thiophene rings is 1. The average Bonchev–Trinajstić information content (AvgIpc) is 3.27. The van der Waals surface area contributed by atoms with Crippen molar-refractivity contribution in [3.63, 3.8) is 0 Å². The van der Waals surface area contributed by atoms with Crippen LogP contribution in [0.25, 0.3) is 0 Å². The lowest BCUT2D eigenvalue weighted by Crippen LogP contribution is -2.44. The fourth-order valence-corrected chi connectivity index (χ4v) is 4.03. The minimum Gasteiger partial charge on any atom is -0.347 e. The van der Waals surface area contributed by atoms with E-state index in [2.05, 4.69) is 39.7 Å². The number of fused-ring (bicyclic) bond motifs is 1. The molecule has 24 heavy (non-hydrogen) atoms. The lowest BCUT2D eigenvalue weighted by molar-refractivity contribution is 0.183. The summed E-state index contributed by atoms with van der Waals surface area (Å²) in [6.07, 6.45) is 2.09. The van der Waals surface area contributed by atoms with E-state index in [9.17, 15) is 4.79 Å². The van der Waals surface area contributed by atoms with Gasteiger partial charge in [-0.25, -0.2) is 4.79 Å². The smallest absolute Gasteiger partial charge is 0.322 e. The Labute approximate surface area is 145 Å². The molecule has 3 aromatic rings. The predicted octanol–water partition coefficient (Wildman–Crippen LogP) is 4.50. The third kappa shape index (κ3) is 2.71. The van der Waals surface area contributed by atoms with Crippen LogP contribution >= 0.6 is 11.3 Å². The SMILES string of the molecule is Cc1ccc(NC(=O)N2CCn3cccc3C2c2cccs2)cc1. The highest BCUT2D eigenvalue weighted by Crippen LogP contribution is 2.35. The van der Waals surface area contributed by atoms with Gasteiger partial charge in [0.05, 0.1) is 0 Å². The van der Waals surface area contributed by atoms with Crippen molar-refractivity contribution in [2.45, 2.75) is 19.5 Å². The summed E-state index contributed by atoms with van der Waals surface area (Å²) in [4.78, 5) is 16.0. The van der Waals surface area contributed by atoms with Crippen LogP contribution in [0, 0.1) is 6.92 Å². The number of nitrogens with one attached hydrogen (secondary N) is 1. The van der Waals surface area contributed by atoms with Gasteiger partial charge in [-0.05, 0) is 42.6 Å². The molecular weight excluding hydrogens is 318 g/mol. The van der Waals surface area contributed by atoms with Crippen molar-refractivity contribution >= 4 is 23.1 Å². The van der Waals surface area contributed by atoms with Crippen molar-refractivity contribution in [3.8, 4) is 0 Å². The van der Waals surface area contributed by atoms with Crippen molar-refractivity contribution in [1.82, 2.24) is 9.47 Å². The molecule has 1 atom stereocenters. The number of nitrogens with zero attached hydrogens (tertiary/aromatic N) is 2. The third-order valence-corrected chi connectivity index (χ3v) is 5.34. The van der Waals surface area contributed by atoms with Gasteiger partial charge in [0.1, 0.15) is 6.04 Å². The van der Waals surface area contributed by atoms with Gasteiger partial charge >= 0.3 is 6.03 Å². The Morgan fingerprint density at radius 1 is 1.12 bits per heavy atom. The van der Waals surface area contributed by atoms with E-state index in [1.807, 2.05) is 42.2 Å². The van der Waals surface area contributed by atoms with Crippen molar-refractivity contribution in [3.05, 3.63) is 76.2 Å². The van der Waals surface area contributed by atoms with Crippen LogP contribution in [0.15, 0.2) is 60.1 Å². The number of aryl methyl sites for hydroxylation is 1. The zero-order valence-corrected chi connectivity index (χ0v) is 14.3. The number of urea groups is 1. The van der Waals surface area contributed by atoms with Gasteiger partial charge in [0.15, 0.2) is 0 Å². The molecule has 3 heterocycles. The van der Waals surface area contributed by atoms with Crippen LogP contribution in [-0.2, 0) is 6.54 Å². The second-order valence-electron chi connectivity index (χ2n) is 6.03. The number of anilines is 1. The topological polar surface area (TPSA) is 37.3 Å². The molecule has 122 valence electrons. The second kappa shape index (κ2) is 6.17. The monoisotopic (exact) mass is 337 g/mol. The van der Waals surface area contributed by atoms with Gasteiger partial charge in [-0.2, -0.15) is 0 Å². The molecule has 1 aliphatic heterocycles. The minimum atomic E-state index is -0.0512. The summed E-state index contributed by atoms with van der Waals surface area (Å²) in [5, 5.41) is 5.10. The summed E-state index contributed by atoms with van der Waals surface area (Å²) in [5.74, 6) is 0. The molecule has 2 aromatic heterocycles. The lowest BCUT2D eigenvalue weighted by Gasteiger charge is -2.36. The molecule has 0 saturated heterocycles. The Morgan fingerprint density at radius 3 is 2.71 bits per heavy atom. The first kappa shape index (κ1) is 15.0. The molecule has 0 saturated carbocycles. The van der Waals surface area contributed by atoms with Gasteiger partial charge < -0.3 is 14.8 Å². The van der Waals surface area contributed by atoms with Gasteiger partial charge in [0.25, 0.3) is 0 Å². The van der Waals surface area contributed by atoms with Crippen molar-refractivity contribution in [1.29, 1.82) is 0 Å². The Bertz CT molecular complexity index is 836. The molecule has 1 unspecified atom stereocenters. The summed E-state index contributed by atoms with van der Waals surface area (Å²) >= 11 is 1.69. The molecule has 1 N–H and O–H groups in total. The van der Waals surface area contributed by atoms with E-state index in [-0.39, 0.29) is 12.1 Å². The Kier molecular flexibility index (Phi) is 3.86. The predicted molar refractivity (Wildman–Crippen MR) is 97.5 cm³/mol. The maximum atomic E-state index is 12.9. The standard InChI is InChI=1S/C19H19N3OS/c1-14-6-8-15(9-7-14)20-19(23)22-12-11-21-10-2-4-16(21)18(22)17-5-3-13-24-17/h2-10,13,18H,11-12H2,1H3,(H,20,23). The van der Waals surface area contributed by atoms with Crippen LogP contribution in [0.1, 0.15) is 22.2 Å². The number of carbonyl (C=O) groups is 1. The van der Waals surface area contributed by atoms with Gasteiger partial charge in [-0.1, -0.05) is 23.8 Å². The highest BCUT2D eigenvalue weighted by atomic mass is 32.1. The molecule has 0 spiro atoms. The third-order valence-electron chi connectivity index (χ3n) is 4.41. The van der Waals surface area contributed by atoms with E-state index in [1.165, 1.54) is 16.1 Å². The molecular formula is C19H19N3OS. The van der Waals surface area contributed by atoms with Gasteiger partial charge in [-0.3, -0.25) is 0 Å². The lowest BCUT2D eigenvalue weighted by atomic mass is 10.1. The van der Waals surface area contributed by atoms with Crippen LogP contribution < -0.4 is 5.32 Å². The normalized spacial score (nSPS) is 16.7. The first-order valence-corrected chi connectivity index (χ1v) is 8.93. The molecule has 4 nitrogen and oxygen atoms in total. The number of carbonyl (C=O) groups excluding carboxylic acids is 1. The van der Waals surface area contributed by atoms with Crippen molar-refractivity contribution < 1.29 is 4.79 Å². The fourth-order valence-electron chi connectivity index (χ4n) is 3.18. The summed E-state index contributed by atoms with van der Waals surface area (Å²) in [7, 11) is 0. The Morgan fingerprint density at radius 2 is 1.96 bits per heavy atom. The summed E-state index contributed by atoms with van der Waals surface area (Å²) in [6, 6.07) is 16.1. The first-order valence-electron chi connectivity index (χ1n) is 8.05. The van der Waals surface area contributed by atoms with Gasteiger partial charge in [0.2, 0.25) is 0 Å². The number of aromatic nitrogens is 1. The molecule has 1 aromatic carbocycles. The van der Waals surface area contributed by atoms with Crippen LogP contribution in [0.3, 0.4) is 0 Å². The van der Waals surface area contributed by atoms with E-state index in [0.717, 1.165) is 12.2 Å². The van der Waals surface area contributed by atoms with Gasteiger partial charge in [0, 0.05) is 35.5 Å². The number of hydrogen-bond acceptors (Lipinski definition) is 2. The minimum absolute atomic E-state index is 0.0285. The van der Waals surface area contributed by atoms with E-state index in [4.69, 9.17) is 0 Å². The quantitative estimate of drug-likeness (QED) is 0.735. The van der Waals surface area contributed by atoms with E-state index >= 15 is 0 Å². The molecule has 0 fully saturated rings. The van der Waals surface area contributed by atoms with Crippen LogP contribution in [0.4, 0.5) is 10.5 Å². The van der Waals surface area contributed by atoms with Crippen molar-refractivity contribution in [2.75, 3.05) is 11.9 Å². The maximum absolute atomic E-state index is 12.9. The van der Waals surface area contributed by atoms with Gasteiger partial charge in [-0.15, -0.1) is 11.3 Å². The van der Waals surface area contributed by atoms with Crippen LogP contribution in [0.2, 0.25) is 0 Å². The average molecular weight is 337 g/mol. The summed E-state index contributed by atoms with van der Waals surface area (Å²) < 4.78 is 2.24. The number of benzene rings is 1. The fraction of sp³-hybridized carbons (Fsp3) is 0.211. The second-order valence-corrected chi connectivity index (χ2v) is 7.01. The van der Waals surface area contributed by atoms with E-state index < -0.39 is 0 Å². The molecule has 4 rings (SSSR count). The molecule has 0 bridgehead atoms. The first-order chi connectivity index (χ1) is 11.7. The van der Waals surface area contributed by atoms with E-state index in [0.29, 0.717) is 6.54 Å². The highest BCUT2D eigenvalue weighted by molar-refractivity contribution is 7.10. The zero-order chi connectivity index (χ0) is 16.5. The molecule has 1 aliphatic rings. The summed E-state index contributed by atoms with van der Waals surface area (Å²) in [5.41, 5.74) is 3.18. The highest BCUT2D eigenvalue weighted by Gasteiger charge is 2.32. The molecule has 5 heteroatoms. The largest absolute Gasteiger partial charge is 0.347 e. The number of hydrogen-bond donors (Lipinski definition) is 1. The zero-order valence-electron chi connectivity index (χ0n) is 13.5. The number of rotatable bonds is 2. The van der Waals surface area contributed by atoms with Crippen LogP contribution in [0.5, 0.6) is 0 Å². The Hall–Kier alpha value is -2.53. The van der Waals surface area contributed by atoms with Crippen LogP contribution in [-0.4, -0.2) is 22.0 Å². The maximum Gasteiger partial charge on any atom is 0.322 e. The van der Waals surface area contributed by atoms with E-state index in [1.54, 1.807) is 11.3 Å². The molecule has 0 aliphatic carbocycles. The molecule has 0 radical (unpaired) electrons. The molecule has 2 amide bonds. The Balaban J connectivity index is 1.63.